The second-order valence-corrected chi connectivity index (χ2v) is 3.54. The number of alkyl halides is 1. The van der Waals surface area contributed by atoms with Crippen LogP contribution >= 0.6 is 11.6 Å². The molecule has 6 heteroatoms. The summed E-state index contributed by atoms with van der Waals surface area (Å²) in [4.78, 5) is 0. The lowest BCUT2D eigenvalue weighted by molar-refractivity contribution is 0.622. The van der Waals surface area contributed by atoms with Gasteiger partial charge >= 0.3 is 0 Å². The number of rotatable bonds is 4. The van der Waals surface area contributed by atoms with E-state index >= 15 is 0 Å². The fraction of sp³-hybridized carbons (Fsp3) is 0.444. The van der Waals surface area contributed by atoms with Gasteiger partial charge in [0, 0.05) is 31.9 Å². The minimum absolute atomic E-state index is 0.394. The molecule has 0 aliphatic carbocycles. The average molecular weight is 226 g/mol. The summed E-state index contributed by atoms with van der Waals surface area (Å²) in [6, 6.07) is 2.00. The largest absolute Gasteiger partial charge is 0.316 e. The maximum atomic E-state index is 5.72. The predicted octanol–water partition coefficient (Wildman–Crippen LogP) is 0.993. The molecule has 2 aromatic heterocycles. The fourth-order valence-electron chi connectivity index (χ4n) is 1.45. The molecule has 0 bridgehead atoms. The number of aryl methyl sites for hydroxylation is 3. The van der Waals surface area contributed by atoms with Crippen LogP contribution in [0.3, 0.4) is 0 Å². The SMILES string of the molecule is Cn1nccc1CCn1cnnc1CCl. The van der Waals surface area contributed by atoms with Crippen LogP contribution in [0.5, 0.6) is 0 Å². The zero-order valence-electron chi connectivity index (χ0n) is 8.47. The van der Waals surface area contributed by atoms with Crippen LogP contribution in [-0.2, 0) is 25.9 Å². The smallest absolute Gasteiger partial charge is 0.147 e. The Balaban J connectivity index is 2.02. The highest BCUT2D eigenvalue weighted by molar-refractivity contribution is 6.16. The molecule has 80 valence electrons. The molecule has 15 heavy (non-hydrogen) atoms. The van der Waals surface area contributed by atoms with E-state index in [0.29, 0.717) is 5.88 Å². The average Bonchev–Trinajstić information content (AvgIpc) is 2.83. The van der Waals surface area contributed by atoms with E-state index < -0.39 is 0 Å². The molecule has 0 aromatic carbocycles. The molecule has 2 aromatic rings. The lowest BCUT2D eigenvalue weighted by Gasteiger charge is -2.04. The normalized spacial score (nSPS) is 10.8. The zero-order chi connectivity index (χ0) is 10.7. The van der Waals surface area contributed by atoms with E-state index in [-0.39, 0.29) is 0 Å². The van der Waals surface area contributed by atoms with Gasteiger partial charge in [0.25, 0.3) is 0 Å². The van der Waals surface area contributed by atoms with E-state index in [9.17, 15) is 0 Å². The third-order valence-corrected chi connectivity index (χ3v) is 2.59. The molecule has 0 fully saturated rings. The van der Waals surface area contributed by atoms with Crippen molar-refractivity contribution in [3.05, 3.63) is 30.1 Å². The minimum atomic E-state index is 0.394. The number of hydrogen-bond acceptors (Lipinski definition) is 3. The first kappa shape index (κ1) is 10.2. The number of hydrogen-bond donors (Lipinski definition) is 0. The Kier molecular flexibility index (Phi) is 3.01. The van der Waals surface area contributed by atoms with Gasteiger partial charge in [0.15, 0.2) is 0 Å². The molecule has 0 unspecified atom stereocenters. The van der Waals surface area contributed by atoms with Crippen molar-refractivity contribution in [2.45, 2.75) is 18.8 Å². The van der Waals surface area contributed by atoms with E-state index in [4.69, 9.17) is 11.6 Å². The van der Waals surface area contributed by atoms with Crippen molar-refractivity contribution in [3.8, 4) is 0 Å². The minimum Gasteiger partial charge on any atom is -0.316 e. The highest BCUT2D eigenvalue weighted by atomic mass is 35.5. The summed E-state index contributed by atoms with van der Waals surface area (Å²) < 4.78 is 3.82. The quantitative estimate of drug-likeness (QED) is 0.730. The van der Waals surface area contributed by atoms with E-state index in [2.05, 4.69) is 15.3 Å². The summed E-state index contributed by atoms with van der Waals surface area (Å²) in [5.41, 5.74) is 1.18. The van der Waals surface area contributed by atoms with Gasteiger partial charge in [0.2, 0.25) is 0 Å². The lowest BCUT2D eigenvalue weighted by atomic mass is 10.3. The molecule has 5 nitrogen and oxygen atoms in total. The molecule has 0 saturated heterocycles. The van der Waals surface area contributed by atoms with Gasteiger partial charge in [-0.15, -0.1) is 21.8 Å². The first-order valence-corrected chi connectivity index (χ1v) is 5.24. The van der Waals surface area contributed by atoms with Gasteiger partial charge in [-0.2, -0.15) is 5.10 Å². The molecular formula is C9H12ClN5. The summed E-state index contributed by atoms with van der Waals surface area (Å²) in [7, 11) is 1.93. The van der Waals surface area contributed by atoms with E-state index in [1.807, 2.05) is 22.4 Å². The monoisotopic (exact) mass is 225 g/mol. The standard InChI is InChI=1S/C9H12ClN5/c1-14-8(2-4-12-14)3-5-15-7-11-13-9(15)6-10/h2,4,7H,3,5-6H2,1H3. The highest BCUT2D eigenvalue weighted by Gasteiger charge is 2.04. The van der Waals surface area contributed by atoms with Gasteiger partial charge in [-0.3, -0.25) is 4.68 Å². The van der Waals surface area contributed by atoms with Crippen molar-refractivity contribution in [2.75, 3.05) is 0 Å². The Bertz CT molecular complexity index is 433. The van der Waals surface area contributed by atoms with Gasteiger partial charge in [-0.1, -0.05) is 0 Å². The molecule has 2 heterocycles. The van der Waals surface area contributed by atoms with E-state index in [0.717, 1.165) is 18.8 Å². The molecule has 2 rings (SSSR count). The number of halogens is 1. The van der Waals surface area contributed by atoms with Crippen LogP contribution in [0, 0.1) is 0 Å². The van der Waals surface area contributed by atoms with Crippen LogP contribution in [0.2, 0.25) is 0 Å². The van der Waals surface area contributed by atoms with Gasteiger partial charge < -0.3 is 4.57 Å². The molecule has 0 aliphatic heterocycles. The third kappa shape index (κ3) is 2.18. The maximum Gasteiger partial charge on any atom is 0.147 e. The molecule has 0 spiro atoms. The summed E-state index contributed by atoms with van der Waals surface area (Å²) >= 11 is 5.72. The molecule has 0 radical (unpaired) electrons. The number of nitrogens with zero attached hydrogens (tertiary/aromatic N) is 5. The van der Waals surface area contributed by atoms with Crippen molar-refractivity contribution in [2.24, 2.45) is 7.05 Å². The van der Waals surface area contributed by atoms with Crippen molar-refractivity contribution in [1.29, 1.82) is 0 Å². The highest BCUT2D eigenvalue weighted by Crippen LogP contribution is 2.03. The second-order valence-electron chi connectivity index (χ2n) is 3.27. The van der Waals surface area contributed by atoms with Gasteiger partial charge in [0.05, 0.1) is 5.88 Å². The third-order valence-electron chi connectivity index (χ3n) is 2.35. The van der Waals surface area contributed by atoms with Gasteiger partial charge in [0.1, 0.15) is 12.2 Å². The Morgan fingerprint density at radius 3 is 3.00 bits per heavy atom. The molecular weight excluding hydrogens is 214 g/mol. The molecule has 0 amide bonds. The molecule has 0 atom stereocenters. The molecule has 0 aliphatic rings. The maximum absolute atomic E-state index is 5.72. The Morgan fingerprint density at radius 1 is 1.47 bits per heavy atom. The summed E-state index contributed by atoms with van der Waals surface area (Å²) in [5.74, 6) is 1.20. The second kappa shape index (κ2) is 4.44. The fourth-order valence-corrected chi connectivity index (χ4v) is 1.66. The summed E-state index contributed by atoms with van der Waals surface area (Å²) in [6.07, 6.45) is 4.40. The first-order chi connectivity index (χ1) is 7.31. The van der Waals surface area contributed by atoms with Crippen LogP contribution < -0.4 is 0 Å². The van der Waals surface area contributed by atoms with Crippen LogP contribution in [0.25, 0.3) is 0 Å². The molecule has 0 saturated carbocycles. The lowest BCUT2D eigenvalue weighted by Crippen LogP contribution is -2.07. The first-order valence-electron chi connectivity index (χ1n) is 4.71. The van der Waals surface area contributed by atoms with Crippen molar-refractivity contribution in [1.82, 2.24) is 24.5 Å². The van der Waals surface area contributed by atoms with E-state index in [1.54, 1.807) is 12.5 Å². The topological polar surface area (TPSA) is 48.5 Å². The Labute approximate surface area is 92.7 Å². The van der Waals surface area contributed by atoms with Crippen molar-refractivity contribution in [3.63, 3.8) is 0 Å². The van der Waals surface area contributed by atoms with Crippen LogP contribution in [-0.4, -0.2) is 24.5 Å². The van der Waals surface area contributed by atoms with Gasteiger partial charge in [-0.25, -0.2) is 0 Å². The van der Waals surface area contributed by atoms with Crippen LogP contribution in [0.1, 0.15) is 11.5 Å². The summed E-state index contributed by atoms with van der Waals surface area (Å²) in [5, 5.41) is 11.8. The number of aromatic nitrogens is 5. The molecule has 0 N–H and O–H groups in total. The van der Waals surface area contributed by atoms with Crippen molar-refractivity contribution < 1.29 is 0 Å². The van der Waals surface area contributed by atoms with Crippen LogP contribution in [0.15, 0.2) is 18.6 Å². The predicted molar refractivity (Wildman–Crippen MR) is 56.5 cm³/mol. The summed E-state index contributed by atoms with van der Waals surface area (Å²) in [6.45, 7) is 0.828. The Morgan fingerprint density at radius 2 is 2.33 bits per heavy atom. The van der Waals surface area contributed by atoms with Gasteiger partial charge in [-0.05, 0) is 6.07 Å². The van der Waals surface area contributed by atoms with E-state index in [1.165, 1.54) is 5.69 Å². The van der Waals surface area contributed by atoms with Crippen LogP contribution in [0.4, 0.5) is 0 Å². The van der Waals surface area contributed by atoms with Crippen molar-refractivity contribution >= 4 is 11.6 Å². The zero-order valence-corrected chi connectivity index (χ0v) is 9.22. The Hall–Kier alpha value is -1.36.